The molecule has 1 aromatic carbocycles. The molecule has 0 saturated carbocycles. The lowest BCUT2D eigenvalue weighted by Gasteiger charge is -2.03. The number of benzene rings is 1. The average Bonchev–Trinajstić information content (AvgIpc) is 2.29. The van der Waals surface area contributed by atoms with Crippen LogP contribution < -0.4 is 0 Å². The zero-order valence-electron chi connectivity index (χ0n) is 8.47. The van der Waals surface area contributed by atoms with Gasteiger partial charge in [-0.1, -0.05) is 12.1 Å². The highest BCUT2D eigenvalue weighted by molar-refractivity contribution is 8.13. The summed E-state index contributed by atoms with van der Waals surface area (Å²) in [6.45, 7) is 0. The van der Waals surface area contributed by atoms with Gasteiger partial charge in [-0.2, -0.15) is 4.39 Å². The van der Waals surface area contributed by atoms with Crippen LogP contribution in [0.5, 0.6) is 0 Å². The maximum absolute atomic E-state index is 13.4. The van der Waals surface area contributed by atoms with Gasteiger partial charge in [0, 0.05) is 22.4 Å². The Hall–Kier alpha value is -1.46. The first-order valence-corrected chi connectivity index (χ1v) is 6.95. The largest absolute Gasteiger partial charge is 0.261 e. The van der Waals surface area contributed by atoms with Crippen molar-refractivity contribution in [3.8, 4) is 11.1 Å². The quantitative estimate of drug-likeness (QED) is 0.623. The molecule has 0 aliphatic rings. The first-order valence-electron chi connectivity index (χ1n) is 4.64. The van der Waals surface area contributed by atoms with Crippen LogP contribution in [0.25, 0.3) is 11.1 Å². The molecule has 2 rings (SSSR count). The Labute approximate surface area is 102 Å². The lowest BCUT2D eigenvalue weighted by Crippen LogP contribution is -1.91. The Morgan fingerprint density at radius 3 is 2.29 bits per heavy atom. The third-order valence-electron chi connectivity index (χ3n) is 2.21. The summed E-state index contributed by atoms with van der Waals surface area (Å²) in [7, 11) is 1.42. The molecule has 0 aliphatic carbocycles. The maximum atomic E-state index is 13.4. The monoisotopic (exact) mass is 271 g/mol. The summed E-state index contributed by atoms with van der Waals surface area (Å²) in [5.74, 6) is -0.603. The molecule has 0 unspecified atom stereocenters. The average molecular weight is 272 g/mol. The third kappa shape index (κ3) is 2.62. The van der Waals surface area contributed by atoms with Gasteiger partial charge >= 0.3 is 0 Å². The second-order valence-corrected chi connectivity index (χ2v) is 5.87. The van der Waals surface area contributed by atoms with Crippen LogP contribution in [0.3, 0.4) is 0 Å². The highest BCUT2D eigenvalue weighted by Gasteiger charge is 2.10. The van der Waals surface area contributed by atoms with Crippen molar-refractivity contribution in [2.45, 2.75) is 4.90 Å². The lowest BCUT2D eigenvalue weighted by molar-refractivity contribution is 0.587. The predicted molar refractivity (Wildman–Crippen MR) is 62.7 cm³/mol. The molecular weight excluding hydrogens is 265 g/mol. The molecule has 2 aromatic rings. The van der Waals surface area contributed by atoms with Crippen molar-refractivity contribution in [2.24, 2.45) is 0 Å². The fourth-order valence-electron chi connectivity index (χ4n) is 1.40. The van der Waals surface area contributed by atoms with Crippen molar-refractivity contribution in [1.82, 2.24) is 4.98 Å². The number of aromatic nitrogens is 1. The first kappa shape index (κ1) is 12.0. The van der Waals surface area contributed by atoms with Crippen molar-refractivity contribution in [2.75, 3.05) is 0 Å². The molecule has 6 heteroatoms. The fraction of sp³-hybridized carbons (Fsp3) is 0. The number of hydrogen-bond donors (Lipinski definition) is 0. The summed E-state index contributed by atoms with van der Waals surface area (Å²) in [4.78, 5) is 3.49. The van der Waals surface area contributed by atoms with Gasteiger partial charge in [0.2, 0.25) is 5.95 Å². The molecule has 0 radical (unpaired) electrons. The number of halogens is 2. The number of pyridine rings is 1. The minimum atomic E-state index is -3.75. The molecule has 88 valence electrons. The minimum absolute atomic E-state index is 0.0211. The van der Waals surface area contributed by atoms with Crippen LogP contribution in [-0.2, 0) is 9.05 Å². The summed E-state index contributed by atoms with van der Waals surface area (Å²) in [5.41, 5.74) is 0.852. The van der Waals surface area contributed by atoms with E-state index >= 15 is 0 Å². The van der Waals surface area contributed by atoms with Crippen LogP contribution in [0.1, 0.15) is 0 Å². The SMILES string of the molecule is O=S(=O)(Cl)c1ccc(-c2cccnc2F)cc1. The Morgan fingerprint density at radius 1 is 1.12 bits per heavy atom. The highest BCUT2D eigenvalue weighted by Crippen LogP contribution is 2.23. The molecule has 0 aliphatic heterocycles. The smallest absolute Gasteiger partial charge is 0.228 e. The van der Waals surface area contributed by atoms with Gasteiger partial charge in [-0.25, -0.2) is 13.4 Å². The molecule has 0 atom stereocenters. The van der Waals surface area contributed by atoms with Gasteiger partial charge in [-0.3, -0.25) is 0 Å². The fourth-order valence-corrected chi connectivity index (χ4v) is 2.17. The second-order valence-electron chi connectivity index (χ2n) is 3.30. The van der Waals surface area contributed by atoms with E-state index in [1.54, 1.807) is 12.1 Å². The second kappa shape index (κ2) is 4.43. The topological polar surface area (TPSA) is 47.0 Å². The molecule has 0 N–H and O–H groups in total. The molecule has 3 nitrogen and oxygen atoms in total. The Bertz CT molecular complexity index is 641. The summed E-state index contributed by atoms with van der Waals surface area (Å²) in [6.07, 6.45) is 1.34. The Morgan fingerprint density at radius 2 is 1.76 bits per heavy atom. The zero-order chi connectivity index (χ0) is 12.5. The summed E-state index contributed by atoms with van der Waals surface area (Å²) in [6, 6.07) is 8.77. The summed E-state index contributed by atoms with van der Waals surface area (Å²) < 4.78 is 35.4. The van der Waals surface area contributed by atoms with Gasteiger partial charge in [0.25, 0.3) is 9.05 Å². The van der Waals surface area contributed by atoms with Crippen LogP contribution in [-0.4, -0.2) is 13.4 Å². The molecule has 1 heterocycles. The van der Waals surface area contributed by atoms with Crippen molar-refractivity contribution in [1.29, 1.82) is 0 Å². The minimum Gasteiger partial charge on any atom is -0.228 e. The van der Waals surface area contributed by atoms with Crippen molar-refractivity contribution < 1.29 is 12.8 Å². The van der Waals surface area contributed by atoms with Crippen molar-refractivity contribution >= 4 is 19.7 Å². The van der Waals surface area contributed by atoms with E-state index in [2.05, 4.69) is 4.98 Å². The molecule has 0 fully saturated rings. The highest BCUT2D eigenvalue weighted by atomic mass is 35.7. The molecule has 0 amide bonds. The van der Waals surface area contributed by atoms with E-state index in [1.165, 1.54) is 30.5 Å². The molecule has 0 saturated heterocycles. The molecule has 17 heavy (non-hydrogen) atoms. The van der Waals surface area contributed by atoms with Crippen LogP contribution in [0.4, 0.5) is 4.39 Å². The molecule has 0 bridgehead atoms. The van der Waals surface area contributed by atoms with Crippen molar-refractivity contribution in [3.63, 3.8) is 0 Å². The van der Waals surface area contributed by atoms with Crippen LogP contribution in [0, 0.1) is 5.95 Å². The normalized spacial score (nSPS) is 11.4. The standard InChI is InChI=1S/C11H7ClFNO2S/c12-17(15,16)9-5-3-8(4-6-9)10-2-1-7-14-11(10)13/h1-7H. The van der Waals surface area contributed by atoms with Gasteiger partial charge in [-0.05, 0) is 29.8 Å². The maximum Gasteiger partial charge on any atom is 0.261 e. The Kier molecular flexibility index (Phi) is 3.13. The van der Waals surface area contributed by atoms with E-state index in [1.807, 2.05) is 0 Å². The molecular formula is C11H7ClFNO2S. The number of rotatable bonds is 2. The Balaban J connectivity index is 2.47. The van der Waals surface area contributed by atoms with E-state index in [9.17, 15) is 12.8 Å². The van der Waals surface area contributed by atoms with Crippen LogP contribution in [0.15, 0.2) is 47.5 Å². The molecule has 0 spiro atoms. The summed E-state index contributed by atoms with van der Waals surface area (Å²) in [5, 5.41) is 0. The number of hydrogen-bond acceptors (Lipinski definition) is 3. The molecule has 1 aromatic heterocycles. The van der Waals surface area contributed by atoms with Crippen LogP contribution in [0.2, 0.25) is 0 Å². The van der Waals surface area contributed by atoms with E-state index in [-0.39, 0.29) is 4.90 Å². The first-order chi connectivity index (χ1) is 7.98. The van der Waals surface area contributed by atoms with Gasteiger partial charge in [0.1, 0.15) is 0 Å². The predicted octanol–water partition coefficient (Wildman–Crippen LogP) is 2.82. The van der Waals surface area contributed by atoms with Gasteiger partial charge in [0.15, 0.2) is 0 Å². The number of nitrogens with zero attached hydrogens (tertiary/aromatic N) is 1. The van der Waals surface area contributed by atoms with Crippen molar-refractivity contribution in [3.05, 3.63) is 48.5 Å². The van der Waals surface area contributed by atoms with E-state index in [0.717, 1.165) is 0 Å². The van der Waals surface area contributed by atoms with E-state index in [0.29, 0.717) is 11.1 Å². The van der Waals surface area contributed by atoms with E-state index in [4.69, 9.17) is 10.7 Å². The third-order valence-corrected chi connectivity index (χ3v) is 3.58. The van der Waals surface area contributed by atoms with Crippen LogP contribution >= 0.6 is 10.7 Å². The van der Waals surface area contributed by atoms with Gasteiger partial charge in [-0.15, -0.1) is 0 Å². The zero-order valence-corrected chi connectivity index (χ0v) is 10.0. The summed E-state index contributed by atoms with van der Waals surface area (Å²) >= 11 is 0. The van der Waals surface area contributed by atoms with Gasteiger partial charge < -0.3 is 0 Å². The lowest BCUT2D eigenvalue weighted by atomic mass is 10.1. The van der Waals surface area contributed by atoms with Gasteiger partial charge in [0.05, 0.1) is 4.90 Å². The van der Waals surface area contributed by atoms with E-state index < -0.39 is 15.0 Å².